The van der Waals surface area contributed by atoms with Crippen molar-refractivity contribution >= 4 is 23.2 Å². The maximum atomic E-state index is 13.7. The van der Waals surface area contributed by atoms with Crippen LogP contribution >= 0.6 is 0 Å². The quantitative estimate of drug-likeness (QED) is 0.867. The van der Waals surface area contributed by atoms with Gasteiger partial charge in [-0.05, 0) is 50.2 Å². The summed E-state index contributed by atoms with van der Waals surface area (Å²) in [6.45, 7) is 4.04. The number of ether oxygens (including phenoxy) is 1. The molecule has 5 nitrogen and oxygen atoms in total. The maximum absolute atomic E-state index is 13.7. The van der Waals surface area contributed by atoms with Crippen LogP contribution in [0.5, 0.6) is 5.75 Å². The molecule has 0 aliphatic carbocycles. The Kier molecular flexibility index (Phi) is 5.39. The molecule has 1 saturated heterocycles. The minimum atomic E-state index is -0.856. The van der Waals surface area contributed by atoms with E-state index in [1.807, 2.05) is 13.8 Å². The summed E-state index contributed by atoms with van der Waals surface area (Å²) in [4.78, 5) is 26.2. The van der Waals surface area contributed by atoms with Crippen molar-refractivity contribution in [3.63, 3.8) is 0 Å². The zero-order chi connectivity index (χ0) is 19.6. The lowest BCUT2D eigenvalue weighted by molar-refractivity contribution is -0.122. The zero-order valence-corrected chi connectivity index (χ0v) is 15.0. The second-order valence-corrected chi connectivity index (χ2v) is 6.68. The number of carbonyl (C=O) groups excluding carboxylic acids is 2. The second-order valence-electron chi connectivity index (χ2n) is 6.68. The zero-order valence-electron chi connectivity index (χ0n) is 15.0. The number of nitrogens with one attached hydrogen (secondary N) is 1. The summed E-state index contributed by atoms with van der Waals surface area (Å²) in [6, 6.07) is 9.97. The van der Waals surface area contributed by atoms with Crippen LogP contribution in [0.25, 0.3) is 0 Å². The standard InChI is InChI=1S/C20H20F2N2O3/c1-12(2)27-16-6-4-15(5-7-16)24-11-13(9-19(24)25)20(26)23-18-8-3-14(21)10-17(18)22/h3-8,10,12-13H,9,11H2,1-2H3,(H,23,26)/t13-/m0/s1. The van der Waals surface area contributed by atoms with Crippen LogP contribution in [0.3, 0.4) is 0 Å². The van der Waals surface area contributed by atoms with Gasteiger partial charge in [0.15, 0.2) is 0 Å². The first-order valence-electron chi connectivity index (χ1n) is 8.66. The van der Waals surface area contributed by atoms with Gasteiger partial charge in [-0.15, -0.1) is 0 Å². The minimum absolute atomic E-state index is 0.0267. The summed E-state index contributed by atoms with van der Waals surface area (Å²) in [7, 11) is 0. The topological polar surface area (TPSA) is 58.6 Å². The maximum Gasteiger partial charge on any atom is 0.229 e. The van der Waals surface area contributed by atoms with Crippen molar-refractivity contribution in [2.45, 2.75) is 26.4 Å². The van der Waals surface area contributed by atoms with Gasteiger partial charge in [0, 0.05) is 24.7 Å². The van der Waals surface area contributed by atoms with Crippen molar-refractivity contribution in [2.24, 2.45) is 5.92 Å². The number of amides is 2. The van der Waals surface area contributed by atoms with Gasteiger partial charge in [0.25, 0.3) is 0 Å². The van der Waals surface area contributed by atoms with Crippen LogP contribution in [0, 0.1) is 17.6 Å². The first kappa shape index (κ1) is 18.8. The van der Waals surface area contributed by atoms with Crippen LogP contribution < -0.4 is 15.0 Å². The van der Waals surface area contributed by atoms with E-state index < -0.39 is 23.5 Å². The molecule has 0 aromatic heterocycles. The predicted octanol–water partition coefficient (Wildman–Crippen LogP) is 3.74. The van der Waals surface area contributed by atoms with Crippen LogP contribution in [0.4, 0.5) is 20.2 Å². The Labute approximate surface area is 155 Å². The molecule has 3 rings (SSSR count). The molecule has 1 heterocycles. The Bertz CT molecular complexity index is 853. The van der Waals surface area contributed by atoms with Crippen molar-refractivity contribution < 1.29 is 23.1 Å². The molecular formula is C20H20F2N2O3. The molecule has 0 spiro atoms. The van der Waals surface area contributed by atoms with Gasteiger partial charge in [-0.25, -0.2) is 8.78 Å². The molecule has 1 aliphatic heterocycles. The molecule has 1 atom stereocenters. The highest BCUT2D eigenvalue weighted by atomic mass is 19.1. The fraction of sp³-hybridized carbons (Fsp3) is 0.300. The minimum Gasteiger partial charge on any atom is -0.491 e. The fourth-order valence-corrected chi connectivity index (χ4v) is 2.94. The average Bonchev–Trinajstić information content (AvgIpc) is 2.99. The molecule has 0 saturated carbocycles. The summed E-state index contributed by atoms with van der Waals surface area (Å²) >= 11 is 0. The molecule has 0 radical (unpaired) electrons. The SMILES string of the molecule is CC(C)Oc1ccc(N2C[C@@H](C(=O)Nc3ccc(F)cc3F)CC2=O)cc1. The number of hydrogen-bond acceptors (Lipinski definition) is 3. The lowest BCUT2D eigenvalue weighted by Crippen LogP contribution is -2.28. The number of carbonyl (C=O) groups is 2. The first-order valence-corrected chi connectivity index (χ1v) is 8.66. The van der Waals surface area contributed by atoms with Crippen molar-refractivity contribution in [3.8, 4) is 5.75 Å². The van der Waals surface area contributed by atoms with Crippen molar-refractivity contribution in [1.29, 1.82) is 0 Å². The monoisotopic (exact) mass is 374 g/mol. The number of benzene rings is 2. The van der Waals surface area contributed by atoms with E-state index in [0.29, 0.717) is 17.5 Å². The highest BCUT2D eigenvalue weighted by Gasteiger charge is 2.35. The van der Waals surface area contributed by atoms with Gasteiger partial charge in [-0.1, -0.05) is 0 Å². The lowest BCUT2D eigenvalue weighted by Gasteiger charge is -2.18. The molecule has 7 heteroatoms. The molecule has 2 aromatic carbocycles. The highest BCUT2D eigenvalue weighted by Crippen LogP contribution is 2.28. The largest absolute Gasteiger partial charge is 0.491 e. The Morgan fingerprint density at radius 3 is 2.52 bits per heavy atom. The summed E-state index contributed by atoms with van der Waals surface area (Å²) in [5.74, 6) is -2.17. The fourth-order valence-electron chi connectivity index (χ4n) is 2.94. The third-order valence-corrected chi connectivity index (χ3v) is 4.21. The number of anilines is 2. The molecule has 1 N–H and O–H groups in total. The van der Waals surface area contributed by atoms with E-state index in [1.54, 1.807) is 24.3 Å². The van der Waals surface area contributed by atoms with Crippen LogP contribution in [0.2, 0.25) is 0 Å². The smallest absolute Gasteiger partial charge is 0.229 e. The molecule has 27 heavy (non-hydrogen) atoms. The van der Waals surface area contributed by atoms with Crippen LogP contribution in [-0.2, 0) is 9.59 Å². The Morgan fingerprint density at radius 1 is 1.19 bits per heavy atom. The molecule has 2 aromatic rings. The van der Waals surface area contributed by atoms with E-state index in [9.17, 15) is 18.4 Å². The van der Waals surface area contributed by atoms with E-state index in [0.717, 1.165) is 12.1 Å². The second kappa shape index (κ2) is 7.73. The normalized spacial score (nSPS) is 16.7. The number of rotatable bonds is 5. The van der Waals surface area contributed by atoms with Gasteiger partial charge < -0.3 is 15.0 Å². The highest BCUT2D eigenvalue weighted by molar-refractivity contribution is 6.03. The Morgan fingerprint density at radius 2 is 1.89 bits per heavy atom. The molecule has 1 aliphatic rings. The van der Waals surface area contributed by atoms with Gasteiger partial charge in [-0.2, -0.15) is 0 Å². The van der Waals surface area contributed by atoms with Crippen LogP contribution in [0.15, 0.2) is 42.5 Å². The first-order chi connectivity index (χ1) is 12.8. The molecular weight excluding hydrogens is 354 g/mol. The van der Waals surface area contributed by atoms with E-state index in [4.69, 9.17) is 4.74 Å². The van der Waals surface area contributed by atoms with Crippen molar-refractivity contribution in [1.82, 2.24) is 0 Å². The summed E-state index contributed by atoms with van der Waals surface area (Å²) < 4.78 is 32.2. The Hall–Kier alpha value is -2.96. The van der Waals surface area contributed by atoms with Gasteiger partial charge in [0.1, 0.15) is 17.4 Å². The van der Waals surface area contributed by atoms with Crippen molar-refractivity contribution in [3.05, 3.63) is 54.1 Å². The molecule has 1 fully saturated rings. The summed E-state index contributed by atoms with van der Waals surface area (Å²) in [5, 5.41) is 2.42. The lowest BCUT2D eigenvalue weighted by atomic mass is 10.1. The number of nitrogens with zero attached hydrogens (tertiary/aromatic N) is 1. The van der Waals surface area contributed by atoms with E-state index in [-0.39, 0.29) is 30.7 Å². The van der Waals surface area contributed by atoms with Gasteiger partial charge in [0.05, 0.1) is 17.7 Å². The molecule has 0 bridgehead atoms. The number of hydrogen-bond donors (Lipinski definition) is 1. The molecule has 142 valence electrons. The summed E-state index contributed by atoms with van der Waals surface area (Å²) in [6.07, 6.45) is 0.0722. The van der Waals surface area contributed by atoms with Crippen molar-refractivity contribution in [2.75, 3.05) is 16.8 Å². The predicted molar refractivity (Wildman–Crippen MR) is 97.7 cm³/mol. The third kappa shape index (κ3) is 4.42. The average molecular weight is 374 g/mol. The van der Waals surface area contributed by atoms with Crippen LogP contribution in [0.1, 0.15) is 20.3 Å². The van der Waals surface area contributed by atoms with E-state index >= 15 is 0 Å². The summed E-state index contributed by atoms with van der Waals surface area (Å²) in [5.41, 5.74) is 0.557. The van der Waals surface area contributed by atoms with Gasteiger partial charge in [0.2, 0.25) is 11.8 Å². The van der Waals surface area contributed by atoms with Gasteiger partial charge in [-0.3, -0.25) is 9.59 Å². The van der Waals surface area contributed by atoms with E-state index in [1.165, 1.54) is 4.90 Å². The van der Waals surface area contributed by atoms with Crippen LogP contribution in [-0.4, -0.2) is 24.5 Å². The number of halogens is 2. The van der Waals surface area contributed by atoms with E-state index in [2.05, 4.69) is 5.32 Å². The molecule has 2 amide bonds. The Balaban J connectivity index is 1.66. The third-order valence-electron chi connectivity index (χ3n) is 4.21. The van der Waals surface area contributed by atoms with Gasteiger partial charge >= 0.3 is 0 Å². The molecule has 0 unspecified atom stereocenters.